The Morgan fingerprint density at radius 1 is 1.04 bits per heavy atom. The quantitative estimate of drug-likeness (QED) is 0.528. The lowest BCUT2D eigenvalue weighted by Gasteiger charge is -2.12. The number of thiazole rings is 1. The fraction of sp³-hybridized carbons (Fsp3) is 0.200. The van der Waals surface area contributed by atoms with Crippen LogP contribution >= 0.6 is 11.3 Å². The predicted molar refractivity (Wildman–Crippen MR) is 110 cm³/mol. The van der Waals surface area contributed by atoms with Crippen molar-refractivity contribution in [3.63, 3.8) is 0 Å². The van der Waals surface area contributed by atoms with Crippen molar-refractivity contribution in [1.82, 2.24) is 20.2 Å². The van der Waals surface area contributed by atoms with Gasteiger partial charge in [-0.3, -0.25) is 0 Å². The summed E-state index contributed by atoms with van der Waals surface area (Å²) in [5.41, 5.74) is 3.56. The summed E-state index contributed by atoms with van der Waals surface area (Å²) < 4.78 is 12.1. The van der Waals surface area contributed by atoms with Gasteiger partial charge >= 0.3 is 0 Å². The average Bonchev–Trinajstić information content (AvgIpc) is 3.13. The highest BCUT2D eigenvalue weighted by Crippen LogP contribution is 2.37. The molecule has 0 amide bonds. The lowest BCUT2D eigenvalue weighted by atomic mass is 10.1. The van der Waals surface area contributed by atoms with Crippen molar-refractivity contribution in [3.8, 4) is 22.8 Å². The van der Waals surface area contributed by atoms with Crippen LogP contribution in [0, 0.1) is 6.92 Å². The van der Waals surface area contributed by atoms with Crippen molar-refractivity contribution in [2.45, 2.75) is 13.5 Å². The fourth-order valence-electron chi connectivity index (χ4n) is 2.92. The molecule has 2 aromatic heterocycles. The molecule has 1 N–H and O–H groups in total. The first kappa shape index (κ1) is 18.1. The maximum atomic E-state index is 5.46. The standard InChI is InChI=1S/C20H19N5O2S/c1-12-7-8-17-13(9-12)23-18(28-17)11-21-20-24-14(10-22-25-20)19-15(26-2)5-4-6-16(19)27-3/h4-10H,11H2,1-3H3,(H,21,24,25). The zero-order valence-corrected chi connectivity index (χ0v) is 16.6. The number of hydrogen-bond donors (Lipinski definition) is 1. The number of aryl methyl sites for hydroxylation is 1. The molecule has 7 nitrogen and oxygen atoms in total. The SMILES string of the molecule is COc1cccc(OC)c1-c1cnnc(NCc2nc3cc(C)ccc3s2)n1. The Morgan fingerprint density at radius 3 is 2.57 bits per heavy atom. The molecule has 0 radical (unpaired) electrons. The van der Waals surface area contributed by atoms with E-state index in [-0.39, 0.29) is 0 Å². The normalized spacial score (nSPS) is 10.8. The summed E-state index contributed by atoms with van der Waals surface area (Å²) in [6.07, 6.45) is 1.59. The van der Waals surface area contributed by atoms with Gasteiger partial charge in [0.2, 0.25) is 5.95 Å². The second kappa shape index (κ2) is 7.77. The minimum absolute atomic E-state index is 0.417. The largest absolute Gasteiger partial charge is 0.496 e. The zero-order valence-electron chi connectivity index (χ0n) is 15.8. The first-order chi connectivity index (χ1) is 13.7. The van der Waals surface area contributed by atoms with Crippen molar-refractivity contribution in [2.24, 2.45) is 0 Å². The molecule has 0 fully saturated rings. The van der Waals surface area contributed by atoms with Crippen molar-refractivity contribution < 1.29 is 9.47 Å². The first-order valence-corrected chi connectivity index (χ1v) is 9.50. The van der Waals surface area contributed by atoms with Crippen LogP contribution in [0.4, 0.5) is 5.95 Å². The number of nitrogens with zero attached hydrogens (tertiary/aromatic N) is 4. The summed E-state index contributed by atoms with van der Waals surface area (Å²) in [7, 11) is 3.22. The van der Waals surface area contributed by atoms with E-state index in [2.05, 4.69) is 50.6 Å². The summed E-state index contributed by atoms with van der Waals surface area (Å²) >= 11 is 1.65. The lowest BCUT2D eigenvalue weighted by molar-refractivity contribution is 0.397. The zero-order chi connectivity index (χ0) is 19.5. The predicted octanol–water partition coefficient (Wildman–Crippen LogP) is 4.09. The third kappa shape index (κ3) is 3.59. The van der Waals surface area contributed by atoms with Crippen LogP contribution in [0.2, 0.25) is 0 Å². The van der Waals surface area contributed by atoms with Crippen LogP contribution in [0.15, 0.2) is 42.6 Å². The van der Waals surface area contributed by atoms with Crippen molar-refractivity contribution in [3.05, 3.63) is 53.2 Å². The van der Waals surface area contributed by atoms with Crippen LogP contribution in [-0.4, -0.2) is 34.4 Å². The van der Waals surface area contributed by atoms with Gasteiger partial charge in [0.25, 0.3) is 0 Å². The van der Waals surface area contributed by atoms with Gasteiger partial charge in [0.1, 0.15) is 22.2 Å². The molecule has 4 aromatic rings. The van der Waals surface area contributed by atoms with Gasteiger partial charge in [0.05, 0.1) is 42.7 Å². The van der Waals surface area contributed by atoms with E-state index in [4.69, 9.17) is 9.47 Å². The maximum Gasteiger partial charge on any atom is 0.243 e. The smallest absolute Gasteiger partial charge is 0.243 e. The molecule has 142 valence electrons. The molecule has 0 aliphatic heterocycles. The molecule has 0 aliphatic carbocycles. The highest BCUT2D eigenvalue weighted by Gasteiger charge is 2.15. The molecule has 2 heterocycles. The second-order valence-electron chi connectivity index (χ2n) is 6.14. The molecule has 0 saturated carbocycles. The van der Waals surface area contributed by atoms with E-state index in [1.165, 1.54) is 5.56 Å². The van der Waals surface area contributed by atoms with E-state index in [0.717, 1.165) is 20.8 Å². The first-order valence-electron chi connectivity index (χ1n) is 8.69. The molecule has 0 atom stereocenters. The van der Waals surface area contributed by atoms with E-state index in [0.29, 0.717) is 29.7 Å². The van der Waals surface area contributed by atoms with Gasteiger partial charge in [0, 0.05) is 0 Å². The minimum Gasteiger partial charge on any atom is -0.496 e. The Balaban J connectivity index is 1.59. The van der Waals surface area contributed by atoms with Crippen molar-refractivity contribution in [2.75, 3.05) is 19.5 Å². The molecule has 28 heavy (non-hydrogen) atoms. The number of hydrogen-bond acceptors (Lipinski definition) is 8. The van der Waals surface area contributed by atoms with Gasteiger partial charge in [-0.15, -0.1) is 16.4 Å². The van der Waals surface area contributed by atoms with E-state index < -0.39 is 0 Å². The van der Waals surface area contributed by atoms with Gasteiger partial charge in [0.15, 0.2) is 0 Å². The number of fused-ring (bicyclic) bond motifs is 1. The molecule has 0 bridgehead atoms. The number of aromatic nitrogens is 4. The summed E-state index contributed by atoms with van der Waals surface area (Å²) in [4.78, 5) is 9.24. The molecule has 0 spiro atoms. The summed E-state index contributed by atoms with van der Waals surface area (Å²) in [5, 5.41) is 12.3. The average molecular weight is 393 g/mol. The number of nitrogens with one attached hydrogen (secondary N) is 1. The monoisotopic (exact) mass is 393 g/mol. The van der Waals surface area contributed by atoms with Gasteiger partial charge in [-0.2, -0.15) is 5.10 Å². The van der Waals surface area contributed by atoms with Gasteiger partial charge in [-0.05, 0) is 36.8 Å². The van der Waals surface area contributed by atoms with Crippen LogP contribution in [0.3, 0.4) is 0 Å². The van der Waals surface area contributed by atoms with Crippen LogP contribution in [0.25, 0.3) is 21.5 Å². The molecule has 0 aliphatic rings. The molecule has 4 rings (SSSR count). The number of anilines is 1. The van der Waals surface area contributed by atoms with E-state index >= 15 is 0 Å². The van der Waals surface area contributed by atoms with Crippen molar-refractivity contribution >= 4 is 27.5 Å². The highest BCUT2D eigenvalue weighted by molar-refractivity contribution is 7.18. The third-order valence-corrected chi connectivity index (χ3v) is 5.26. The summed E-state index contributed by atoms with van der Waals surface area (Å²) in [6, 6.07) is 11.9. The Labute approximate surface area is 166 Å². The van der Waals surface area contributed by atoms with Gasteiger partial charge in [-0.25, -0.2) is 9.97 Å². The highest BCUT2D eigenvalue weighted by atomic mass is 32.1. The molecule has 0 unspecified atom stereocenters. The number of benzene rings is 2. The minimum atomic E-state index is 0.417. The number of rotatable bonds is 6. The Hall–Kier alpha value is -3.26. The number of ether oxygens (including phenoxy) is 2. The molecular weight excluding hydrogens is 374 g/mol. The maximum absolute atomic E-state index is 5.46. The van der Waals surface area contributed by atoms with Gasteiger partial charge < -0.3 is 14.8 Å². The molecule has 0 saturated heterocycles. The van der Waals surface area contributed by atoms with E-state index in [1.807, 2.05) is 18.2 Å². The molecule has 8 heteroatoms. The summed E-state index contributed by atoms with van der Waals surface area (Å²) in [5.74, 6) is 1.74. The topological polar surface area (TPSA) is 82.0 Å². The van der Waals surface area contributed by atoms with Gasteiger partial charge in [-0.1, -0.05) is 12.1 Å². The van der Waals surface area contributed by atoms with E-state index in [1.54, 1.807) is 31.8 Å². The Morgan fingerprint density at radius 2 is 1.82 bits per heavy atom. The van der Waals surface area contributed by atoms with Crippen LogP contribution in [-0.2, 0) is 6.54 Å². The van der Waals surface area contributed by atoms with E-state index in [9.17, 15) is 0 Å². The number of methoxy groups -OCH3 is 2. The Kier molecular flexibility index (Phi) is 5.03. The van der Waals surface area contributed by atoms with Crippen LogP contribution in [0.5, 0.6) is 11.5 Å². The Bertz CT molecular complexity index is 1110. The molecular formula is C20H19N5O2S. The fourth-order valence-corrected chi connectivity index (χ4v) is 3.81. The lowest BCUT2D eigenvalue weighted by Crippen LogP contribution is -2.05. The van der Waals surface area contributed by atoms with Crippen molar-refractivity contribution in [1.29, 1.82) is 0 Å². The second-order valence-corrected chi connectivity index (χ2v) is 7.25. The third-order valence-electron chi connectivity index (χ3n) is 4.23. The summed E-state index contributed by atoms with van der Waals surface area (Å²) in [6.45, 7) is 2.58. The molecule has 2 aromatic carbocycles. The van der Waals surface area contributed by atoms with Crippen LogP contribution < -0.4 is 14.8 Å². The van der Waals surface area contributed by atoms with Crippen LogP contribution in [0.1, 0.15) is 10.6 Å².